The van der Waals surface area contributed by atoms with Gasteiger partial charge in [-0.3, -0.25) is 14.7 Å². The summed E-state index contributed by atoms with van der Waals surface area (Å²) in [7, 11) is 0. The topological polar surface area (TPSA) is 58.4 Å². The minimum absolute atomic E-state index is 0.00950. The third-order valence-electron chi connectivity index (χ3n) is 4.08. The molecule has 1 atom stereocenters. The Bertz CT molecular complexity index is 830. The highest BCUT2D eigenvalue weighted by atomic mass is 16.3. The zero-order valence-electron chi connectivity index (χ0n) is 13.1. The molecule has 0 radical (unpaired) electrons. The number of carbonyl (C=O) groups excluding carboxylic acids is 1. The van der Waals surface area contributed by atoms with Gasteiger partial charge in [-0.05, 0) is 29.8 Å². The maximum Gasteiger partial charge on any atom is 0.235 e. The van der Waals surface area contributed by atoms with Crippen molar-refractivity contribution in [3.63, 3.8) is 0 Å². The fourth-order valence-corrected chi connectivity index (χ4v) is 2.94. The number of rotatable bonds is 4. The normalized spacial score (nSPS) is 17.8. The van der Waals surface area contributed by atoms with Crippen LogP contribution in [-0.2, 0) is 11.3 Å². The Morgan fingerprint density at radius 1 is 1.12 bits per heavy atom. The van der Waals surface area contributed by atoms with Gasteiger partial charge in [0.05, 0.1) is 6.54 Å². The van der Waals surface area contributed by atoms with Crippen molar-refractivity contribution in [2.75, 3.05) is 6.54 Å². The largest absolute Gasteiger partial charge is 0.457 e. The van der Waals surface area contributed by atoms with Gasteiger partial charge in [0.25, 0.3) is 0 Å². The number of nitrogens with one attached hydrogen (secondary N) is 1. The summed E-state index contributed by atoms with van der Waals surface area (Å²) in [4.78, 5) is 18.1. The lowest BCUT2D eigenvalue weighted by Crippen LogP contribution is -2.26. The molecule has 1 aliphatic heterocycles. The number of pyridine rings is 1. The predicted molar refractivity (Wildman–Crippen MR) is 89.7 cm³/mol. The van der Waals surface area contributed by atoms with Gasteiger partial charge in [0.1, 0.15) is 17.7 Å². The molecule has 4 rings (SSSR count). The van der Waals surface area contributed by atoms with Gasteiger partial charge in [0.15, 0.2) is 0 Å². The number of furan rings is 1. The third-order valence-corrected chi connectivity index (χ3v) is 4.08. The van der Waals surface area contributed by atoms with Gasteiger partial charge in [-0.2, -0.15) is 0 Å². The minimum atomic E-state index is -0.247. The predicted octanol–water partition coefficient (Wildman–Crippen LogP) is 2.97. The molecule has 1 aromatic carbocycles. The van der Waals surface area contributed by atoms with E-state index >= 15 is 0 Å². The van der Waals surface area contributed by atoms with Crippen molar-refractivity contribution in [1.82, 2.24) is 15.2 Å². The molecule has 5 heteroatoms. The van der Waals surface area contributed by atoms with Gasteiger partial charge >= 0.3 is 0 Å². The van der Waals surface area contributed by atoms with E-state index < -0.39 is 0 Å². The van der Waals surface area contributed by atoms with Crippen LogP contribution in [0, 0.1) is 0 Å². The van der Waals surface area contributed by atoms with Crippen LogP contribution >= 0.6 is 0 Å². The number of carbonyl (C=O) groups is 1. The second-order valence-corrected chi connectivity index (χ2v) is 5.80. The first-order valence-electron chi connectivity index (χ1n) is 7.87. The lowest BCUT2D eigenvalue weighted by atomic mass is 10.2. The molecular formula is C19H17N3O2. The van der Waals surface area contributed by atoms with E-state index in [9.17, 15) is 4.79 Å². The van der Waals surface area contributed by atoms with Gasteiger partial charge in [0.2, 0.25) is 5.91 Å². The quantitative estimate of drug-likeness (QED) is 0.803. The Hall–Kier alpha value is -2.92. The fraction of sp³-hybridized carbons (Fsp3) is 0.158. The van der Waals surface area contributed by atoms with Crippen LogP contribution in [0.25, 0.3) is 11.3 Å². The number of hydrogen-bond acceptors (Lipinski definition) is 4. The molecule has 1 aliphatic rings. The highest BCUT2D eigenvalue weighted by Crippen LogP contribution is 2.29. The molecule has 0 unspecified atom stereocenters. The Labute approximate surface area is 139 Å². The lowest BCUT2D eigenvalue weighted by molar-refractivity contribution is -0.118. The smallest absolute Gasteiger partial charge is 0.235 e. The van der Waals surface area contributed by atoms with E-state index in [1.165, 1.54) is 0 Å². The van der Waals surface area contributed by atoms with Crippen molar-refractivity contribution < 1.29 is 9.21 Å². The molecule has 2 aromatic heterocycles. The summed E-state index contributed by atoms with van der Waals surface area (Å²) in [5, 5.41) is 2.98. The standard InChI is InChI=1S/C19H17N3O2/c23-18-13-22(12-14-5-2-1-3-6-14)19(21-18)17-9-8-16(24-17)15-7-4-10-20-11-15/h1-11,19H,12-13H2,(H,21,23)/t19-/m0/s1. The number of aromatic nitrogens is 1. The van der Waals surface area contributed by atoms with Crippen LogP contribution in [0.15, 0.2) is 71.4 Å². The molecule has 24 heavy (non-hydrogen) atoms. The molecule has 1 N–H and O–H groups in total. The van der Waals surface area contributed by atoms with E-state index in [0.29, 0.717) is 13.1 Å². The lowest BCUT2D eigenvalue weighted by Gasteiger charge is -2.21. The van der Waals surface area contributed by atoms with E-state index in [2.05, 4.69) is 27.3 Å². The van der Waals surface area contributed by atoms with Gasteiger partial charge in [-0.15, -0.1) is 0 Å². The second kappa shape index (κ2) is 6.29. The fourth-order valence-electron chi connectivity index (χ4n) is 2.94. The van der Waals surface area contributed by atoms with E-state index in [4.69, 9.17) is 4.42 Å². The monoisotopic (exact) mass is 319 g/mol. The molecule has 0 spiro atoms. The summed E-state index contributed by atoms with van der Waals surface area (Å²) in [6, 6.07) is 17.8. The Morgan fingerprint density at radius 2 is 2.00 bits per heavy atom. The van der Waals surface area contributed by atoms with Crippen LogP contribution in [0.5, 0.6) is 0 Å². The van der Waals surface area contributed by atoms with E-state index in [-0.39, 0.29) is 12.1 Å². The maximum absolute atomic E-state index is 11.9. The number of hydrogen-bond donors (Lipinski definition) is 1. The SMILES string of the molecule is O=C1CN(Cc2ccccc2)[C@@H](c2ccc(-c3cccnc3)o2)N1. The molecular weight excluding hydrogens is 302 g/mol. The molecule has 1 amide bonds. The van der Waals surface area contributed by atoms with E-state index in [1.807, 2.05) is 42.5 Å². The summed E-state index contributed by atoms with van der Waals surface area (Å²) in [6.45, 7) is 1.05. The summed E-state index contributed by atoms with van der Waals surface area (Å²) >= 11 is 0. The number of amides is 1. The maximum atomic E-state index is 11.9. The van der Waals surface area contributed by atoms with E-state index in [0.717, 1.165) is 22.6 Å². The van der Waals surface area contributed by atoms with Crippen molar-refractivity contribution in [1.29, 1.82) is 0 Å². The first kappa shape index (κ1) is 14.7. The van der Waals surface area contributed by atoms with Crippen LogP contribution in [0.3, 0.4) is 0 Å². The molecule has 3 aromatic rings. The van der Waals surface area contributed by atoms with E-state index in [1.54, 1.807) is 12.4 Å². The molecule has 0 saturated carbocycles. The van der Waals surface area contributed by atoms with Crippen LogP contribution in [-0.4, -0.2) is 22.3 Å². The first-order valence-corrected chi connectivity index (χ1v) is 7.87. The zero-order valence-corrected chi connectivity index (χ0v) is 13.1. The van der Waals surface area contributed by atoms with Gasteiger partial charge < -0.3 is 9.73 Å². The van der Waals surface area contributed by atoms with Crippen molar-refractivity contribution in [3.05, 3.63) is 78.3 Å². The van der Waals surface area contributed by atoms with Crippen molar-refractivity contribution >= 4 is 5.91 Å². The summed E-state index contributed by atoms with van der Waals surface area (Å²) in [5.74, 6) is 1.49. The molecule has 0 aliphatic carbocycles. The van der Waals surface area contributed by atoms with Crippen LogP contribution in [0.4, 0.5) is 0 Å². The first-order chi connectivity index (χ1) is 11.8. The third kappa shape index (κ3) is 2.94. The number of nitrogens with zero attached hydrogens (tertiary/aromatic N) is 2. The number of benzene rings is 1. The highest BCUT2D eigenvalue weighted by molar-refractivity contribution is 5.80. The Morgan fingerprint density at radius 3 is 2.79 bits per heavy atom. The highest BCUT2D eigenvalue weighted by Gasteiger charge is 2.33. The average Bonchev–Trinajstić information content (AvgIpc) is 3.23. The molecule has 1 saturated heterocycles. The van der Waals surface area contributed by atoms with Crippen molar-refractivity contribution in [2.45, 2.75) is 12.7 Å². The van der Waals surface area contributed by atoms with Gasteiger partial charge in [0, 0.05) is 24.5 Å². The van der Waals surface area contributed by atoms with Gasteiger partial charge in [-0.25, -0.2) is 0 Å². The second-order valence-electron chi connectivity index (χ2n) is 5.80. The molecule has 1 fully saturated rings. The molecule has 0 bridgehead atoms. The van der Waals surface area contributed by atoms with Crippen LogP contribution < -0.4 is 5.32 Å². The Balaban J connectivity index is 1.58. The van der Waals surface area contributed by atoms with Crippen LogP contribution in [0.2, 0.25) is 0 Å². The summed E-state index contributed by atoms with van der Waals surface area (Å²) in [5.41, 5.74) is 2.08. The zero-order chi connectivity index (χ0) is 16.4. The van der Waals surface area contributed by atoms with Crippen molar-refractivity contribution in [3.8, 4) is 11.3 Å². The van der Waals surface area contributed by atoms with Crippen molar-refractivity contribution in [2.24, 2.45) is 0 Å². The molecule has 120 valence electrons. The summed E-state index contributed by atoms with van der Waals surface area (Å²) < 4.78 is 5.97. The molecule has 5 nitrogen and oxygen atoms in total. The van der Waals surface area contributed by atoms with Crippen LogP contribution in [0.1, 0.15) is 17.5 Å². The molecule has 3 heterocycles. The summed E-state index contributed by atoms with van der Waals surface area (Å²) in [6.07, 6.45) is 3.24. The minimum Gasteiger partial charge on any atom is -0.457 e. The van der Waals surface area contributed by atoms with Gasteiger partial charge in [-0.1, -0.05) is 30.3 Å². The average molecular weight is 319 g/mol. The Kier molecular flexibility index (Phi) is 3.84.